The normalized spacial score (nSPS) is 10.3. The molecular formula is C23H50O3. The third kappa shape index (κ3) is 23.1. The Balaban J connectivity index is -0.000000102. The van der Waals surface area contributed by atoms with E-state index in [4.69, 9.17) is 9.47 Å². The molecule has 0 saturated carbocycles. The van der Waals surface area contributed by atoms with Gasteiger partial charge in [-0.05, 0) is 30.2 Å². The Hall–Kier alpha value is -0.900. The molecule has 26 heavy (non-hydrogen) atoms. The van der Waals surface area contributed by atoms with Crippen LogP contribution in [0.15, 0.2) is 30.3 Å². The summed E-state index contributed by atoms with van der Waals surface area (Å²) in [4.78, 5) is 0. The highest BCUT2D eigenvalue weighted by Crippen LogP contribution is 2.11. The van der Waals surface area contributed by atoms with Crippen molar-refractivity contribution in [1.29, 1.82) is 0 Å². The number of hydrogen-bond donors (Lipinski definition) is 1. The van der Waals surface area contributed by atoms with Crippen LogP contribution in [0.5, 0.6) is 0 Å². The summed E-state index contributed by atoms with van der Waals surface area (Å²) in [5.74, 6) is 1.39. The summed E-state index contributed by atoms with van der Waals surface area (Å²) in [7, 11) is 1.57. The Bertz CT molecular complexity index is 337. The van der Waals surface area contributed by atoms with Crippen molar-refractivity contribution in [3.8, 4) is 0 Å². The molecule has 0 aliphatic rings. The molecule has 0 radical (unpaired) electrons. The van der Waals surface area contributed by atoms with Crippen molar-refractivity contribution in [2.45, 2.75) is 82.3 Å². The third-order valence-electron chi connectivity index (χ3n) is 3.21. The lowest BCUT2D eigenvalue weighted by atomic mass is 10.0. The van der Waals surface area contributed by atoms with Crippen LogP contribution in [-0.4, -0.2) is 38.1 Å². The van der Waals surface area contributed by atoms with Crippen molar-refractivity contribution in [3.63, 3.8) is 0 Å². The Labute approximate surface area is 166 Å². The van der Waals surface area contributed by atoms with Gasteiger partial charge in [-0.3, -0.25) is 0 Å². The Morgan fingerprint density at radius 3 is 1.81 bits per heavy atom. The van der Waals surface area contributed by atoms with Crippen LogP contribution < -0.4 is 0 Å². The quantitative estimate of drug-likeness (QED) is 0.483. The van der Waals surface area contributed by atoms with Crippen LogP contribution >= 0.6 is 0 Å². The number of rotatable bonds is 9. The minimum Gasteiger partial charge on any atom is -0.388 e. The predicted octanol–water partition coefficient (Wildman–Crippen LogP) is 6.80. The van der Waals surface area contributed by atoms with Gasteiger partial charge in [0, 0.05) is 13.7 Å². The van der Waals surface area contributed by atoms with E-state index in [0.717, 1.165) is 18.9 Å². The molecule has 3 heteroatoms. The number of benzene rings is 1. The average Bonchev–Trinajstić information content (AvgIpc) is 2.48. The minimum atomic E-state index is -0.482. The molecular weight excluding hydrogens is 324 g/mol. The van der Waals surface area contributed by atoms with E-state index in [9.17, 15) is 5.11 Å². The molecule has 1 atom stereocenters. The molecule has 0 fully saturated rings. The van der Waals surface area contributed by atoms with Crippen LogP contribution in [-0.2, 0) is 9.47 Å². The number of methoxy groups -OCH3 is 1. The molecule has 1 rings (SSSR count). The van der Waals surface area contributed by atoms with Crippen LogP contribution in [0.1, 0.15) is 81.7 Å². The first-order chi connectivity index (χ1) is 10.5. The van der Waals surface area contributed by atoms with E-state index in [2.05, 4.69) is 52.0 Å². The molecule has 0 aliphatic heterocycles. The summed E-state index contributed by atoms with van der Waals surface area (Å²) in [5, 5.41) is 9.21. The maximum absolute atomic E-state index is 9.21. The number of ether oxygens (including phenoxy) is 2. The van der Waals surface area contributed by atoms with Gasteiger partial charge in [-0.25, -0.2) is 0 Å². The highest BCUT2D eigenvalue weighted by atomic mass is 16.5. The number of hydrogen-bond acceptors (Lipinski definition) is 3. The molecule has 160 valence electrons. The lowest BCUT2D eigenvalue weighted by Crippen LogP contribution is -2.21. The molecule has 1 unspecified atom stereocenters. The second kappa shape index (κ2) is 24.1. The lowest BCUT2D eigenvalue weighted by Gasteiger charge is -2.10. The topological polar surface area (TPSA) is 38.7 Å². The number of aliphatic hydroxyl groups is 1. The van der Waals surface area contributed by atoms with E-state index >= 15 is 0 Å². The second-order valence-corrected chi connectivity index (χ2v) is 6.29. The van der Waals surface area contributed by atoms with Gasteiger partial charge in [-0.2, -0.15) is 0 Å². The van der Waals surface area contributed by atoms with Crippen molar-refractivity contribution in [2.24, 2.45) is 5.92 Å². The summed E-state index contributed by atoms with van der Waals surface area (Å²) >= 11 is 0. The Morgan fingerprint density at radius 1 is 0.885 bits per heavy atom. The molecule has 0 aliphatic carbocycles. The van der Waals surface area contributed by atoms with Crippen LogP contribution in [0.4, 0.5) is 0 Å². The van der Waals surface area contributed by atoms with E-state index < -0.39 is 6.10 Å². The first kappa shape index (κ1) is 36.1. The molecule has 0 amide bonds. The summed E-state index contributed by atoms with van der Waals surface area (Å²) in [5.41, 5.74) is 1.41. The maximum Gasteiger partial charge on any atom is 0.101 e. The lowest BCUT2D eigenvalue weighted by molar-refractivity contribution is -0.00717. The van der Waals surface area contributed by atoms with Gasteiger partial charge in [0.05, 0.1) is 13.2 Å². The third-order valence-corrected chi connectivity index (χ3v) is 3.21. The van der Waals surface area contributed by atoms with Crippen molar-refractivity contribution in [1.82, 2.24) is 0 Å². The zero-order valence-electron chi connectivity index (χ0n) is 14.9. The largest absolute Gasteiger partial charge is 0.388 e. The van der Waals surface area contributed by atoms with Gasteiger partial charge in [-0.1, -0.05) is 87.7 Å². The first-order valence-electron chi connectivity index (χ1n) is 8.27. The van der Waals surface area contributed by atoms with E-state index in [1.54, 1.807) is 7.11 Å². The highest BCUT2D eigenvalue weighted by Gasteiger charge is 2.02. The van der Waals surface area contributed by atoms with E-state index in [1.807, 2.05) is 6.07 Å². The van der Waals surface area contributed by atoms with Gasteiger partial charge in [0.1, 0.15) is 6.10 Å². The summed E-state index contributed by atoms with van der Waals surface area (Å²) in [6, 6.07) is 10.5. The van der Waals surface area contributed by atoms with E-state index in [0.29, 0.717) is 19.1 Å². The van der Waals surface area contributed by atoms with Gasteiger partial charge in [0.15, 0.2) is 0 Å². The fourth-order valence-corrected chi connectivity index (χ4v) is 1.89. The summed E-state index contributed by atoms with van der Waals surface area (Å²) in [6.07, 6.45) is 1.77. The highest BCUT2D eigenvalue weighted by molar-refractivity contribution is 5.17. The fourth-order valence-electron chi connectivity index (χ4n) is 1.89. The maximum atomic E-state index is 9.21. The van der Waals surface area contributed by atoms with Crippen molar-refractivity contribution in [3.05, 3.63) is 35.9 Å². The number of aliphatic hydroxyl groups excluding tert-OH is 1. The Kier molecular flexibility index (Phi) is 33.4. The van der Waals surface area contributed by atoms with Gasteiger partial charge in [0.2, 0.25) is 0 Å². The van der Waals surface area contributed by atoms with Crippen LogP contribution in [0.3, 0.4) is 0 Å². The molecule has 3 nitrogen and oxygen atoms in total. The van der Waals surface area contributed by atoms with Crippen molar-refractivity contribution < 1.29 is 14.6 Å². The average molecular weight is 375 g/mol. The zero-order valence-corrected chi connectivity index (χ0v) is 14.9. The standard InChI is InChI=1S/C10H22O3.C9H12.4CH4/c1-9(2)5-4-6-13-8-10(11)7-12-3;1-8(2)9-6-4-3-5-7-9;;;;/h9-11H,4-8H2,1-3H3;3-8H,1-2H3;4*1H4. The first-order valence-corrected chi connectivity index (χ1v) is 8.27. The van der Waals surface area contributed by atoms with Crippen LogP contribution in [0.25, 0.3) is 0 Å². The zero-order chi connectivity index (χ0) is 16.8. The van der Waals surface area contributed by atoms with Gasteiger partial charge in [-0.15, -0.1) is 0 Å². The smallest absolute Gasteiger partial charge is 0.101 e. The molecule has 1 aromatic rings. The summed E-state index contributed by atoms with van der Waals surface area (Å²) in [6.45, 7) is 10.3. The van der Waals surface area contributed by atoms with Crippen molar-refractivity contribution in [2.75, 3.05) is 26.9 Å². The molecule has 0 aromatic heterocycles. The van der Waals surface area contributed by atoms with Crippen LogP contribution in [0, 0.1) is 5.92 Å². The minimum absolute atomic E-state index is 0. The molecule has 0 saturated heterocycles. The fraction of sp³-hybridized carbons (Fsp3) is 0.739. The van der Waals surface area contributed by atoms with E-state index in [-0.39, 0.29) is 29.7 Å². The Morgan fingerprint density at radius 2 is 1.42 bits per heavy atom. The van der Waals surface area contributed by atoms with Crippen molar-refractivity contribution >= 4 is 0 Å². The van der Waals surface area contributed by atoms with Gasteiger partial charge in [0.25, 0.3) is 0 Å². The monoisotopic (exact) mass is 374 g/mol. The molecule has 0 spiro atoms. The van der Waals surface area contributed by atoms with E-state index in [1.165, 1.54) is 12.0 Å². The molecule has 0 bridgehead atoms. The van der Waals surface area contributed by atoms with Crippen LogP contribution in [0.2, 0.25) is 0 Å². The SMILES string of the molecule is C.C.C.C.CC(C)c1ccccc1.COCC(O)COCCCC(C)C. The second-order valence-electron chi connectivity index (χ2n) is 6.29. The van der Waals surface area contributed by atoms with Gasteiger partial charge < -0.3 is 14.6 Å². The predicted molar refractivity (Wildman–Crippen MR) is 120 cm³/mol. The summed E-state index contributed by atoms with van der Waals surface area (Å²) < 4.78 is 10.0. The molecule has 1 aromatic carbocycles. The molecule has 1 N–H and O–H groups in total. The molecule has 0 heterocycles. The van der Waals surface area contributed by atoms with Gasteiger partial charge >= 0.3 is 0 Å².